The average molecular weight is 250 g/mol. The number of benzene rings is 1. The Labute approximate surface area is 97.0 Å². The lowest BCUT2D eigenvalue weighted by atomic mass is 10.1. The van der Waals surface area contributed by atoms with E-state index in [9.17, 15) is 13.2 Å². The lowest BCUT2D eigenvalue weighted by Gasteiger charge is -2.10. The molecule has 0 aromatic heterocycles. The molecule has 0 aliphatic heterocycles. The molecule has 1 nitrogen and oxygen atoms in total. The lowest BCUT2D eigenvalue weighted by molar-refractivity contribution is -0.0329. The lowest BCUT2D eigenvalue weighted by Crippen LogP contribution is -2.08. The van der Waals surface area contributed by atoms with E-state index in [2.05, 4.69) is 0 Å². The maximum absolute atomic E-state index is 11.8. The van der Waals surface area contributed by atoms with Gasteiger partial charge in [0, 0.05) is 5.75 Å². The second-order valence-corrected chi connectivity index (χ2v) is 4.57. The van der Waals surface area contributed by atoms with Crippen molar-refractivity contribution in [2.45, 2.75) is 19.4 Å². The minimum Gasteiger partial charge on any atom is -0.492 e. The number of alkyl halides is 3. The van der Waals surface area contributed by atoms with E-state index in [1.54, 1.807) is 0 Å². The van der Waals surface area contributed by atoms with Gasteiger partial charge < -0.3 is 4.74 Å². The second-order valence-electron chi connectivity index (χ2n) is 3.41. The highest BCUT2D eigenvalue weighted by atomic mass is 32.2. The van der Waals surface area contributed by atoms with Crippen molar-refractivity contribution >= 4 is 11.8 Å². The highest BCUT2D eigenvalue weighted by Crippen LogP contribution is 2.30. The van der Waals surface area contributed by atoms with E-state index in [1.165, 1.54) is 0 Å². The van der Waals surface area contributed by atoms with Gasteiger partial charge in [0.05, 0.1) is 6.61 Å². The molecule has 0 unspecified atom stereocenters. The van der Waals surface area contributed by atoms with Crippen molar-refractivity contribution in [2.75, 3.05) is 12.4 Å². The molecule has 1 aromatic carbocycles. The van der Waals surface area contributed by atoms with Crippen LogP contribution in [0.15, 0.2) is 18.2 Å². The molecule has 5 heteroatoms. The highest BCUT2D eigenvalue weighted by molar-refractivity contribution is 8.00. The second kappa shape index (κ2) is 5.48. The molecule has 0 aliphatic rings. The Morgan fingerprint density at radius 1 is 1.25 bits per heavy atom. The number of rotatable bonds is 4. The largest absolute Gasteiger partial charge is 0.492 e. The molecule has 0 saturated heterocycles. The van der Waals surface area contributed by atoms with Gasteiger partial charge in [-0.3, -0.25) is 0 Å². The van der Waals surface area contributed by atoms with Gasteiger partial charge in [-0.15, -0.1) is 0 Å². The maximum atomic E-state index is 11.8. The van der Waals surface area contributed by atoms with Gasteiger partial charge in [0.1, 0.15) is 5.75 Å². The Kier molecular flexibility index (Phi) is 4.53. The molecule has 0 bridgehead atoms. The van der Waals surface area contributed by atoms with Crippen LogP contribution in [-0.4, -0.2) is 17.9 Å². The van der Waals surface area contributed by atoms with E-state index in [-0.39, 0.29) is 24.1 Å². The van der Waals surface area contributed by atoms with E-state index in [0.717, 1.165) is 11.1 Å². The van der Waals surface area contributed by atoms with Gasteiger partial charge in [-0.2, -0.15) is 13.2 Å². The number of hydrogen-bond donors (Lipinski definition) is 0. The first kappa shape index (κ1) is 13.2. The van der Waals surface area contributed by atoms with E-state index in [1.807, 2.05) is 32.0 Å². The van der Waals surface area contributed by atoms with Crippen molar-refractivity contribution in [3.05, 3.63) is 29.3 Å². The van der Waals surface area contributed by atoms with Crippen molar-refractivity contribution in [1.29, 1.82) is 0 Å². The summed E-state index contributed by atoms with van der Waals surface area (Å²) in [5.74, 6) is 0.569. The zero-order valence-corrected chi connectivity index (χ0v) is 9.91. The van der Waals surface area contributed by atoms with Gasteiger partial charge in [0.2, 0.25) is 0 Å². The molecule has 0 amide bonds. The molecule has 0 fully saturated rings. The molecule has 1 aromatic rings. The molecule has 0 atom stereocenters. The minimum absolute atomic E-state index is 0.0621. The fourth-order valence-corrected chi connectivity index (χ4v) is 1.57. The van der Waals surface area contributed by atoms with Crippen LogP contribution < -0.4 is 4.74 Å². The Morgan fingerprint density at radius 2 is 1.94 bits per heavy atom. The quantitative estimate of drug-likeness (QED) is 0.749. The third-order valence-electron chi connectivity index (χ3n) is 1.95. The molecule has 0 spiro atoms. The Morgan fingerprint density at radius 3 is 2.56 bits per heavy atom. The molecule has 1 rings (SSSR count). The molecular formula is C11H13F3OS. The number of aryl methyl sites for hydroxylation is 2. The number of hydrogen-bond acceptors (Lipinski definition) is 2. The zero-order chi connectivity index (χ0) is 12.2. The summed E-state index contributed by atoms with van der Waals surface area (Å²) in [6.07, 6.45) is 0. The summed E-state index contributed by atoms with van der Waals surface area (Å²) in [6.45, 7) is 3.84. The van der Waals surface area contributed by atoms with Gasteiger partial charge in [0.25, 0.3) is 0 Å². The number of thioether (sulfide) groups is 1. The highest BCUT2D eigenvalue weighted by Gasteiger charge is 2.27. The van der Waals surface area contributed by atoms with Crippen molar-refractivity contribution < 1.29 is 17.9 Å². The van der Waals surface area contributed by atoms with Crippen LogP contribution in [0.4, 0.5) is 13.2 Å². The van der Waals surface area contributed by atoms with Crippen molar-refractivity contribution in [3.8, 4) is 5.75 Å². The summed E-state index contributed by atoms with van der Waals surface area (Å²) >= 11 is -0.0621. The predicted molar refractivity (Wildman–Crippen MR) is 59.9 cm³/mol. The summed E-state index contributed by atoms with van der Waals surface area (Å²) in [7, 11) is 0. The minimum atomic E-state index is -4.18. The van der Waals surface area contributed by atoms with E-state index in [4.69, 9.17) is 4.74 Å². The van der Waals surface area contributed by atoms with Gasteiger partial charge >= 0.3 is 5.51 Å². The van der Waals surface area contributed by atoms with Gasteiger partial charge in [-0.1, -0.05) is 12.1 Å². The van der Waals surface area contributed by atoms with Gasteiger partial charge in [0.15, 0.2) is 0 Å². The summed E-state index contributed by atoms with van der Waals surface area (Å²) < 4.78 is 40.8. The SMILES string of the molecule is Cc1ccc(C)c(OCCSC(F)(F)F)c1. The Balaban J connectivity index is 2.40. The third-order valence-corrected chi connectivity index (χ3v) is 2.65. The smallest absolute Gasteiger partial charge is 0.441 e. The summed E-state index contributed by atoms with van der Waals surface area (Å²) in [6, 6.07) is 5.65. The number of halogens is 3. The monoisotopic (exact) mass is 250 g/mol. The maximum Gasteiger partial charge on any atom is 0.441 e. The van der Waals surface area contributed by atoms with Crippen LogP contribution in [-0.2, 0) is 0 Å². The molecule has 0 saturated carbocycles. The van der Waals surface area contributed by atoms with Gasteiger partial charge in [-0.05, 0) is 42.8 Å². The first-order valence-corrected chi connectivity index (χ1v) is 5.78. The predicted octanol–water partition coefficient (Wildman–Crippen LogP) is 3.94. The fraction of sp³-hybridized carbons (Fsp3) is 0.455. The molecule has 0 radical (unpaired) electrons. The van der Waals surface area contributed by atoms with Crippen LogP contribution in [0.1, 0.15) is 11.1 Å². The van der Waals surface area contributed by atoms with Crippen molar-refractivity contribution in [1.82, 2.24) is 0 Å². The first-order chi connectivity index (χ1) is 7.38. The number of ether oxygens (including phenoxy) is 1. The van der Waals surface area contributed by atoms with Crippen LogP contribution in [0, 0.1) is 13.8 Å². The summed E-state index contributed by atoms with van der Waals surface area (Å²) in [5, 5.41) is 0. The molecule has 90 valence electrons. The summed E-state index contributed by atoms with van der Waals surface area (Å²) in [5.41, 5.74) is -2.21. The van der Waals surface area contributed by atoms with Crippen molar-refractivity contribution in [2.24, 2.45) is 0 Å². The third kappa shape index (κ3) is 4.79. The fourth-order valence-electron chi connectivity index (χ4n) is 1.17. The molecule has 0 aliphatic carbocycles. The average Bonchev–Trinajstić information content (AvgIpc) is 2.16. The van der Waals surface area contributed by atoms with E-state index in [0.29, 0.717) is 5.75 Å². The zero-order valence-electron chi connectivity index (χ0n) is 9.10. The molecule has 16 heavy (non-hydrogen) atoms. The van der Waals surface area contributed by atoms with E-state index < -0.39 is 5.51 Å². The topological polar surface area (TPSA) is 9.23 Å². The standard InChI is InChI=1S/C11H13F3OS/c1-8-3-4-9(2)10(7-8)15-5-6-16-11(12,13)14/h3-4,7H,5-6H2,1-2H3. The van der Waals surface area contributed by atoms with E-state index >= 15 is 0 Å². The van der Waals surface area contributed by atoms with Crippen LogP contribution in [0.3, 0.4) is 0 Å². The van der Waals surface area contributed by atoms with Crippen LogP contribution >= 0.6 is 11.8 Å². The van der Waals surface area contributed by atoms with Crippen LogP contribution in [0.2, 0.25) is 0 Å². The van der Waals surface area contributed by atoms with Crippen LogP contribution in [0.25, 0.3) is 0 Å². The Bertz CT molecular complexity index is 350. The first-order valence-electron chi connectivity index (χ1n) is 4.79. The normalized spacial score (nSPS) is 11.6. The molecule has 0 N–H and O–H groups in total. The van der Waals surface area contributed by atoms with Crippen LogP contribution in [0.5, 0.6) is 5.75 Å². The summed E-state index contributed by atoms with van der Waals surface area (Å²) in [4.78, 5) is 0. The van der Waals surface area contributed by atoms with Gasteiger partial charge in [-0.25, -0.2) is 0 Å². The Hall–Kier alpha value is -0.840. The van der Waals surface area contributed by atoms with Crippen molar-refractivity contribution in [3.63, 3.8) is 0 Å². The molecular weight excluding hydrogens is 237 g/mol. The molecule has 0 heterocycles.